The number of fused-ring (bicyclic) bond motifs is 8. The molecule has 0 unspecified atom stereocenters. The van der Waals surface area contributed by atoms with Crippen molar-refractivity contribution in [2.75, 3.05) is 0 Å². The van der Waals surface area contributed by atoms with Crippen molar-refractivity contribution >= 4 is 49.0 Å². The van der Waals surface area contributed by atoms with Crippen LogP contribution in [0.3, 0.4) is 0 Å². The summed E-state index contributed by atoms with van der Waals surface area (Å²) < 4.78 is 2.29. The molecule has 3 heteroatoms. The quantitative estimate of drug-likeness (QED) is 0.369. The molecule has 0 saturated carbocycles. The normalized spacial score (nSPS) is 12.0. The fourth-order valence-corrected chi connectivity index (χ4v) is 3.87. The summed E-state index contributed by atoms with van der Waals surface area (Å²) in [5.74, 6) is 0. The van der Waals surface area contributed by atoms with Gasteiger partial charge in [-0.3, -0.25) is 4.40 Å². The second-order valence-corrected chi connectivity index (χ2v) is 5.84. The van der Waals surface area contributed by atoms with E-state index in [9.17, 15) is 0 Å². The van der Waals surface area contributed by atoms with E-state index in [1.807, 2.05) is 0 Å². The summed E-state index contributed by atoms with van der Waals surface area (Å²) in [6.07, 6.45) is 0. The largest absolute Gasteiger partial charge is 0.283 e. The van der Waals surface area contributed by atoms with Crippen LogP contribution >= 0.6 is 11.3 Å². The molecule has 94 valence electrons. The molecule has 0 fully saturated rings. The average Bonchev–Trinajstić information content (AvgIpc) is 3.08. The van der Waals surface area contributed by atoms with Crippen molar-refractivity contribution in [3.05, 3.63) is 60.0 Å². The van der Waals surface area contributed by atoms with Gasteiger partial charge in [0.1, 0.15) is 16.0 Å². The molecule has 0 bridgehead atoms. The van der Waals surface area contributed by atoms with Crippen LogP contribution in [0.2, 0.25) is 0 Å². The highest BCUT2D eigenvalue weighted by molar-refractivity contribution is 7.16. The van der Waals surface area contributed by atoms with E-state index in [4.69, 9.17) is 4.98 Å². The summed E-state index contributed by atoms with van der Waals surface area (Å²) in [6.45, 7) is 0. The molecule has 0 spiro atoms. The Morgan fingerprint density at radius 3 is 2.45 bits per heavy atom. The molecule has 0 N–H and O–H groups in total. The number of thiophene rings is 1. The van der Waals surface area contributed by atoms with Crippen LogP contribution in [0.4, 0.5) is 0 Å². The lowest BCUT2D eigenvalue weighted by atomic mass is 10.1. The second-order valence-electron chi connectivity index (χ2n) is 4.94. The van der Waals surface area contributed by atoms with E-state index < -0.39 is 0 Å². The first kappa shape index (κ1) is 10.4. The molecular weight excluding hydrogens is 264 g/mol. The van der Waals surface area contributed by atoms with Crippen LogP contribution in [-0.4, -0.2) is 9.38 Å². The molecule has 2 aromatic carbocycles. The molecule has 5 rings (SSSR count). The van der Waals surface area contributed by atoms with Gasteiger partial charge in [0.05, 0.1) is 5.52 Å². The molecule has 0 aliphatic heterocycles. The summed E-state index contributed by atoms with van der Waals surface area (Å²) in [4.78, 5) is 6.05. The molecule has 0 atom stereocenters. The van der Waals surface area contributed by atoms with E-state index in [2.05, 4.69) is 64.4 Å². The summed E-state index contributed by atoms with van der Waals surface area (Å²) in [5, 5.41) is 5.87. The fourth-order valence-electron chi connectivity index (χ4n) is 3.02. The zero-order chi connectivity index (χ0) is 13.1. The number of benzene rings is 2. The van der Waals surface area contributed by atoms with Gasteiger partial charge in [0.15, 0.2) is 0 Å². The lowest BCUT2D eigenvalue weighted by Gasteiger charge is -2.07. The maximum atomic E-state index is 4.83. The third kappa shape index (κ3) is 1.16. The van der Waals surface area contributed by atoms with Gasteiger partial charge in [0.2, 0.25) is 0 Å². The lowest BCUT2D eigenvalue weighted by Crippen LogP contribution is -1.90. The zero-order valence-electron chi connectivity index (χ0n) is 10.6. The molecular formula is C17H10N2S. The lowest BCUT2D eigenvalue weighted by molar-refractivity contribution is 1.33. The van der Waals surface area contributed by atoms with E-state index >= 15 is 0 Å². The predicted octanol–water partition coefficient (Wildman–Crippen LogP) is 4.86. The maximum Gasteiger partial charge on any atom is 0.147 e. The van der Waals surface area contributed by atoms with Crippen molar-refractivity contribution in [2.45, 2.75) is 0 Å². The highest BCUT2D eigenvalue weighted by Gasteiger charge is 2.13. The van der Waals surface area contributed by atoms with Crippen LogP contribution in [0.25, 0.3) is 37.7 Å². The Hall–Kier alpha value is -2.39. The van der Waals surface area contributed by atoms with E-state index in [0.29, 0.717) is 0 Å². The van der Waals surface area contributed by atoms with E-state index in [0.717, 1.165) is 11.2 Å². The molecule has 2 nitrogen and oxygen atoms in total. The van der Waals surface area contributed by atoms with Crippen LogP contribution in [0.15, 0.2) is 60.0 Å². The number of imidazole rings is 1. The van der Waals surface area contributed by atoms with Crippen molar-refractivity contribution in [1.29, 1.82) is 0 Å². The van der Waals surface area contributed by atoms with Gasteiger partial charge in [-0.15, -0.1) is 11.3 Å². The number of pyridine rings is 1. The van der Waals surface area contributed by atoms with Gasteiger partial charge in [-0.2, -0.15) is 0 Å². The van der Waals surface area contributed by atoms with Crippen LogP contribution in [-0.2, 0) is 0 Å². The molecule has 0 amide bonds. The Morgan fingerprint density at radius 1 is 0.800 bits per heavy atom. The monoisotopic (exact) mass is 274 g/mol. The Kier molecular flexibility index (Phi) is 1.86. The Labute approximate surface area is 118 Å². The minimum absolute atomic E-state index is 1.06. The number of aromatic nitrogens is 2. The van der Waals surface area contributed by atoms with Gasteiger partial charge < -0.3 is 0 Å². The van der Waals surface area contributed by atoms with Gasteiger partial charge in [0.25, 0.3) is 0 Å². The van der Waals surface area contributed by atoms with Crippen LogP contribution in [0, 0.1) is 0 Å². The van der Waals surface area contributed by atoms with E-state index in [1.54, 1.807) is 11.3 Å². The molecule has 3 aromatic heterocycles. The molecule has 0 aliphatic rings. The minimum Gasteiger partial charge on any atom is -0.283 e. The first-order valence-electron chi connectivity index (χ1n) is 6.58. The second kappa shape index (κ2) is 3.58. The van der Waals surface area contributed by atoms with Crippen molar-refractivity contribution in [1.82, 2.24) is 9.38 Å². The van der Waals surface area contributed by atoms with Crippen LogP contribution in [0.1, 0.15) is 0 Å². The van der Waals surface area contributed by atoms with E-state index in [-0.39, 0.29) is 0 Å². The Morgan fingerprint density at radius 2 is 1.55 bits per heavy atom. The number of hydrogen-bond donors (Lipinski definition) is 0. The zero-order valence-corrected chi connectivity index (χ0v) is 11.4. The summed E-state index contributed by atoms with van der Waals surface area (Å²) in [7, 11) is 0. The Bertz CT molecular complexity index is 1070. The standard InChI is InChI=1S/C17H10N2S/c1-2-7-13-11(5-1)12-6-3-4-8-15(12)19-16(13)18-14-9-10-20-17(14)19/h1-10H. The van der Waals surface area contributed by atoms with Gasteiger partial charge in [-0.05, 0) is 22.9 Å². The SMILES string of the molecule is c1ccc2c(c1)c1ccccc1n1c2nc2ccsc21. The molecule has 0 radical (unpaired) electrons. The van der Waals surface area contributed by atoms with Gasteiger partial charge in [-0.25, -0.2) is 4.98 Å². The third-order valence-corrected chi connectivity index (χ3v) is 4.76. The topological polar surface area (TPSA) is 17.3 Å². The van der Waals surface area contributed by atoms with Gasteiger partial charge >= 0.3 is 0 Å². The van der Waals surface area contributed by atoms with Crippen molar-refractivity contribution < 1.29 is 0 Å². The molecule has 3 heterocycles. The Balaban J connectivity index is 2.27. The number of rotatable bonds is 0. The number of hydrogen-bond acceptors (Lipinski definition) is 2. The molecule has 0 aliphatic carbocycles. The van der Waals surface area contributed by atoms with Crippen molar-refractivity contribution in [3.8, 4) is 0 Å². The van der Waals surface area contributed by atoms with Crippen LogP contribution < -0.4 is 0 Å². The smallest absolute Gasteiger partial charge is 0.147 e. The third-order valence-electron chi connectivity index (χ3n) is 3.87. The maximum absolute atomic E-state index is 4.83. The summed E-state index contributed by atoms with van der Waals surface area (Å²) in [6, 6.07) is 19.2. The van der Waals surface area contributed by atoms with Gasteiger partial charge in [-0.1, -0.05) is 42.5 Å². The highest BCUT2D eigenvalue weighted by atomic mass is 32.1. The molecule has 20 heavy (non-hydrogen) atoms. The van der Waals surface area contributed by atoms with Crippen LogP contribution in [0.5, 0.6) is 0 Å². The minimum atomic E-state index is 1.06. The summed E-state index contributed by atoms with van der Waals surface area (Å²) >= 11 is 1.75. The first-order chi connectivity index (χ1) is 9.93. The first-order valence-corrected chi connectivity index (χ1v) is 7.46. The highest BCUT2D eigenvalue weighted by Crippen LogP contribution is 2.33. The molecule has 5 aromatic rings. The molecule has 0 saturated heterocycles. The number of nitrogens with zero attached hydrogens (tertiary/aromatic N) is 2. The fraction of sp³-hybridized carbons (Fsp3) is 0. The predicted molar refractivity (Wildman–Crippen MR) is 85.6 cm³/mol. The van der Waals surface area contributed by atoms with E-state index in [1.165, 1.54) is 26.5 Å². The van der Waals surface area contributed by atoms with Crippen molar-refractivity contribution in [2.24, 2.45) is 0 Å². The van der Waals surface area contributed by atoms with Crippen molar-refractivity contribution in [3.63, 3.8) is 0 Å². The average molecular weight is 274 g/mol. The summed E-state index contributed by atoms with van der Waals surface area (Å²) in [5.41, 5.74) is 3.36. The van der Waals surface area contributed by atoms with Gasteiger partial charge in [0, 0.05) is 10.8 Å². The number of para-hydroxylation sites is 1.